The highest BCUT2D eigenvalue weighted by atomic mass is 32.2. The summed E-state index contributed by atoms with van der Waals surface area (Å²) in [4.78, 5) is 5.00. The Bertz CT molecular complexity index is 3070. The molecular weight excluding hydrogens is 683 g/mol. The van der Waals surface area contributed by atoms with Gasteiger partial charge in [-0.15, -0.1) is 11.3 Å². The van der Waals surface area contributed by atoms with E-state index < -0.39 is 5.41 Å². The van der Waals surface area contributed by atoms with Gasteiger partial charge in [0.05, 0.1) is 16.5 Å². The Labute approximate surface area is 314 Å². The molecule has 1 spiro atoms. The van der Waals surface area contributed by atoms with Crippen molar-refractivity contribution in [3.63, 3.8) is 0 Å². The fourth-order valence-electron chi connectivity index (χ4n) is 9.20. The predicted octanol–water partition coefficient (Wildman–Crippen LogP) is 14.3. The molecule has 2 aliphatic rings. The van der Waals surface area contributed by atoms with E-state index in [1.165, 1.54) is 63.3 Å². The second kappa shape index (κ2) is 11.0. The molecule has 0 unspecified atom stereocenters. The van der Waals surface area contributed by atoms with Crippen molar-refractivity contribution in [1.82, 2.24) is 0 Å². The highest BCUT2D eigenvalue weighted by molar-refractivity contribution is 7.99. The van der Waals surface area contributed by atoms with E-state index in [-0.39, 0.29) is 0 Å². The third-order valence-corrected chi connectivity index (χ3v) is 13.6. The van der Waals surface area contributed by atoms with E-state index in [9.17, 15) is 0 Å². The number of thiophene rings is 1. The Morgan fingerprint density at radius 3 is 1.96 bits per heavy atom. The number of nitrogens with zero attached hydrogens (tertiary/aromatic N) is 1. The maximum Gasteiger partial charge on any atom is 0.137 e. The van der Waals surface area contributed by atoms with Crippen molar-refractivity contribution >= 4 is 82.3 Å². The lowest BCUT2D eigenvalue weighted by atomic mass is 9.67. The quantitative estimate of drug-likeness (QED) is 0.182. The molecule has 12 rings (SSSR count). The monoisotopic (exact) mass is 711 g/mol. The fourth-order valence-corrected chi connectivity index (χ4v) is 11.5. The molecule has 0 N–H and O–H groups in total. The molecule has 2 aromatic heterocycles. The lowest BCUT2D eigenvalue weighted by Gasteiger charge is -2.39. The lowest BCUT2D eigenvalue weighted by Crippen LogP contribution is -2.31. The molecule has 1 aliphatic carbocycles. The zero-order chi connectivity index (χ0) is 34.7. The van der Waals surface area contributed by atoms with Gasteiger partial charge < -0.3 is 9.32 Å². The minimum atomic E-state index is -0.448. The largest absolute Gasteiger partial charge is 0.456 e. The predicted molar refractivity (Wildman–Crippen MR) is 223 cm³/mol. The molecule has 0 atom stereocenters. The molecule has 10 aromatic rings. The summed E-state index contributed by atoms with van der Waals surface area (Å²) in [5.41, 5.74) is 12.5. The SMILES string of the molecule is c1ccc(N(c2ccc3c(c2)sc2ccccc23)c2cccc3oc4cc5c(cc4c23)-c2ccccc2C52c3ccccc3Sc3ccccc32)cc1. The molecule has 0 saturated heterocycles. The van der Waals surface area contributed by atoms with Gasteiger partial charge in [-0.25, -0.2) is 0 Å². The summed E-state index contributed by atoms with van der Waals surface area (Å²) >= 11 is 3.73. The van der Waals surface area contributed by atoms with Crippen molar-refractivity contribution in [1.29, 1.82) is 0 Å². The van der Waals surface area contributed by atoms with Gasteiger partial charge in [-0.3, -0.25) is 0 Å². The van der Waals surface area contributed by atoms with E-state index in [1.807, 2.05) is 23.1 Å². The maximum absolute atomic E-state index is 6.93. The van der Waals surface area contributed by atoms with Gasteiger partial charge in [0.15, 0.2) is 0 Å². The van der Waals surface area contributed by atoms with Crippen molar-refractivity contribution in [3.05, 3.63) is 198 Å². The van der Waals surface area contributed by atoms with Crippen LogP contribution in [0.5, 0.6) is 0 Å². The van der Waals surface area contributed by atoms with Crippen LogP contribution in [0.25, 0.3) is 53.2 Å². The molecule has 248 valence electrons. The molecule has 53 heavy (non-hydrogen) atoms. The molecule has 0 bridgehead atoms. The molecule has 3 heterocycles. The Morgan fingerprint density at radius 2 is 1.13 bits per heavy atom. The Hall–Kier alpha value is -6.07. The zero-order valence-electron chi connectivity index (χ0n) is 28.4. The Balaban J connectivity index is 1.14. The topological polar surface area (TPSA) is 16.4 Å². The Morgan fingerprint density at radius 1 is 0.434 bits per heavy atom. The second-order valence-electron chi connectivity index (χ2n) is 14.0. The molecule has 0 radical (unpaired) electrons. The third-order valence-electron chi connectivity index (χ3n) is 11.3. The molecule has 4 heteroatoms. The number of fused-ring (bicyclic) bond motifs is 15. The van der Waals surface area contributed by atoms with Crippen LogP contribution in [0.1, 0.15) is 22.3 Å². The van der Waals surface area contributed by atoms with E-state index in [0.717, 1.165) is 39.0 Å². The van der Waals surface area contributed by atoms with Crippen LogP contribution in [0.15, 0.2) is 190 Å². The summed E-state index contributed by atoms with van der Waals surface area (Å²) in [7, 11) is 0. The highest BCUT2D eigenvalue weighted by Gasteiger charge is 2.50. The molecular formula is C49H29NOS2. The molecule has 2 nitrogen and oxygen atoms in total. The van der Waals surface area contributed by atoms with Crippen molar-refractivity contribution in [2.45, 2.75) is 15.2 Å². The number of hydrogen-bond donors (Lipinski definition) is 0. The maximum atomic E-state index is 6.93. The van der Waals surface area contributed by atoms with Crippen molar-refractivity contribution in [2.75, 3.05) is 4.90 Å². The first-order valence-electron chi connectivity index (χ1n) is 18.0. The molecule has 0 saturated carbocycles. The number of para-hydroxylation sites is 1. The molecule has 8 aromatic carbocycles. The van der Waals surface area contributed by atoms with Gasteiger partial charge in [0, 0.05) is 46.7 Å². The minimum absolute atomic E-state index is 0.448. The van der Waals surface area contributed by atoms with Gasteiger partial charge in [0.25, 0.3) is 0 Å². The average Bonchev–Trinajstić information content (AvgIpc) is 3.86. The zero-order valence-corrected chi connectivity index (χ0v) is 30.0. The van der Waals surface area contributed by atoms with Gasteiger partial charge in [-0.1, -0.05) is 121 Å². The normalized spacial score (nSPS) is 13.7. The van der Waals surface area contributed by atoms with Gasteiger partial charge in [-0.05, 0) is 100 Å². The minimum Gasteiger partial charge on any atom is -0.456 e. The van der Waals surface area contributed by atoms with Crippen LogP contribution in [-0.4, -0.2) is 0 Å². The van der Waals surface area contributed by atoms with Crippen LogP contribution in [0.4, 0.5) is 17.1 Å². The van der Waals surface area contributed by atoms with E-state index >= 15 is 0 Å². The van der Waals surface area contributed by atoms with Gasteiger partial charge in [0.1, 0.15) is 11.2 Å². The highest BCUT2D eigenvalue weighted by Crippen LogP contribution is 2.63. The first-order valence-corrected chi connectivity index (χ1v) is 19.6. The molecule has 0 amide bonds. The van der Waals surface area contributed by atoms with Crippen LogP contribution >= 0.6 is 23.1 Å². The summed E-state index contributed by atoms with van der Waals surface area (Å²) in [5, 5.41) is 4.84. The summed E-state index contributed by atoms with van der Waals surface area (Å²) in [5.74, 6) is 0. The standard InChI is InChI=1S/C49H29NOS2/c1-2-13-30(14-3-1)50(31-25-26-34-33-16-5-9-22-44(33)52-47(34)27-31)41-20-12-21-42-48(41)36-28-35-32-15-4-6-17-37(32)49(40(35)29-43(36)51-42)38-18-7-10-23-45(38)53-46-24-11-8-19-39(46)49/h1-29H. The molecule has 0 fully saturated rings. The third kappa shape index (κ3) is 4.00. The van der Waals surface area contributed by atoms with Crippen molar-refractivity contribution < 1.29 is 4.42 Å². The van der Waals surface area contributed by atoms with E-state index in [0.29, 0.717) is 0 Å². The average molecular weight is 712 g/mol. The first-order chi connectivity index (χ1) is 26.3. The van der Waals surface area contributed by atoms with Crippen molar-refractivity contribution in [3.8, 4) is 11.1 Å². The first kappa shape index (κ1) is 29.5. The van der Waals surface area contributed by atoms with E-state index in [1.54, 1.807) is 0 Å². The van der Waals surface area contributed by atoms with Gasteiger partial charge in [-0.2, -0.15) is 0 Å². The number of hydrogen-bond acceptors (Lipinski definition) is 4. The van der Waals surface area contributed by atoms with Crippen LogP contribution in [0, 0.1) is 0 Å². The van der Waals surface area contributed by atoms with Crippen LogP contribution in [-0.2, 0) is 5.41 Å². The van der Waals surface area contributed by atoms with Gasteiger partial charge >= 0.3 is 0 Å². The van der Waals surface area contributed by atoms with E-state index in [4.69, 9.17) is 4.42 Å². The van der Waals surface area contributed by atoms with Crippen molar-refractivity contribution in [2.24, 2.45) is 0 Å². The molecule has 1 aliphatic heterocycles. The number of anilines is 3. The van der Waals surface area contributed by atoms with Gasteiger partial charge in [0.2, 0.25) is 0 Å². The smallest absolute Gasteiger partial charge is 0.137 e. The Kier molecular flexibility index (Phi) is 6.11. The number of benzene rings is 8. The van der Waals surface area contributed by atoms with E-state index in [2.05, 4.69) is 181 Å². The number of rotatable bonds is 3. The van der Waals surface area contributed by atoms with Crippen LogP contribution in [0.2, 0.25) is 0 Å². The van der Waals surface area contributed by atoms with Crippen LogP contribution in [0.3, 0.4) is 0 Å². The lowest BCUT2D eigenvalue weighted by molar-refractivity contribution is 0.664. The number of furan rings is 1. The fraction of sp³-hybridized carbons (Fsp3) is 0.0204. The summed E-state index contributed by atoms with van der Waals surface area (Å²) in [6, 6.07) is 64.5. The summed E-state index contributed by atoms with van der Waals surface area (Å²) in [6.07, 6.45) is 0. The summed E-state index contributed by atoms with van der Waals surface area (Å²) < 4.78 is 9.51. The second-order valence-corrected chi connectivity index (χ2v) is 16.2. The van der Waals surface area contributed by atoms with Crippen LogP contribution < -0.4 is 4.90 Å². The summed E-state index contributed by atoms with van der Waals surface area (Å²) in [6.45, 7) is 0.